The van der Waals surface area contributed by atoms with Crippen LogP contribution < -0.4 is 19.5 Å². The number of methoxy groups -OCH3 is 2. The molecule has 0 aliphatic heterocycles. The summed E-state index contributed by atoms with van der Waals surface area (Å²) in [7, 11) is 3.21. The zero-order valence-corrected chi connectivity index (χ0v) is 18.8. The van der Waals surface area contributed by atoms with Crippen molar-refractivity contribution in [3.8, 4) is 17.2 Å². The maximum Gasteiger partial charge on any atom is 0.251 e. The van der Waals surface area contributed by atoms with Gasteiger partial charge in [0.05, 0.1) is 38.4 Å². The Morgan fingerprint density at radius 3 is 2.55 bits per heavy atom. The van der Waals surface area contributed by atoms with Crippen LogP contribution in [-0.4, -0.2) is 36.3 Å². The van der Waals surface area contributed by atoms with Crippen LogP contribution in [0, 0.1) is 0 Å². The first-order valence-corrected chi connectivity index (χ1v) is 10.8. The molecule has 1 amide bonds. The number of nitrogens with one attached hydrogen (secondary N) is 1. The summed E-state index contributed by atoms with van der Waals surface area (Å²) < 4.78 is 18.6. The van der Waals surface area contributed by atoms with E-state index in [4.69, 9.17) is 19.2 Å². The second kappa shape index (κ2) is 10.5. The van der Waals surface area contributed by atoms with E-state index in [9.17, 15) is 4.79 Å². The fourth-order valence-corrected chi connectivity index (χ4v) is 3.68. The van der Waals surface area contributed by atoms with Crippen LogP contribution in [0.3, 0.4) is 0 Å². The number of amides is 1. The van der Waals surface area contributed by atoms with Crippen LogP contribution in [0.4, 0.5) is 0 Å². The number of benzene rings is 3. The molecular formula is C26H27N3O4. The number of carbonyl (C=O) groups is 1. The predicted molar refractivity (Wildman–Crippen MR) is 127 cm³/mol. The Hall–Kier alpha value is -4.00. The van der Waals surface area contributed by atoms with Gasteiger partial charge in [-0.15, -0.1) is 0 Å². The SMILES string of the molecule is COc1cccc(C(=O)NCc2nc3ccccc3n2CCCOc2ccccc2OC)c1. The van der Waals surface area contributed by atoms with Gasteiger partial charge in [-0.1, -0.05) is 30.3 Å². The highest BCUT2D eigenvalue weighted by atomic mass is 16.5. The average Bonchev–Trinajstić information content (AvgIpc) is 3.22. The van der Waals surface area contributed by atoms with E-state index in [2.05, 4.69) is 9.88 Å². The molecular weight excluding hydrogens is 418 g/mol. The van der Waals surface area contributed by atoms with Gasteiger partial charge in [-0.25, -0.2) is 4.98 Å². The minimum atomic E-state index is -0.174. The lowest BCUT2D eigenvalue weighted by Gasteiger charge is -2.13. The number of hydrogen-bond acceptors (Lipinski definition) is 5. The topological polar surface area (TPSA) is 74.6 Å². The molecule has 7 nitrogen and oxygen atoms in total. The minimum absolute atomic E-state index is 0.174. The van der Waals surface area contributed by atoms with Crippen molar-refractivity contribution < 1.29 is 19.0 Å². The van der Waals surface area contributed by atoms with Crippen molar-refractivity contribution >= 4 is 16.9 Å². The monoisotopic (exact) mass is 445 g/mol. The summed E-state index contributed by atoms with van der Waals surface area (Å²) in [6.07, 6.45) is 0.773. The molecule has 0 spiro atoms. The summed E-state index contributed by atoms with van der Waals surface area (Å²) in [6.45, 7) is 1.56. The number of aromatic nitrogens is 2. The maximum atomic E-state index is 12.7. The molecule has 33 heavy (non-hydrogen) atoms. The normalized spacial score (nSPS) is 10.7. The summed E-state index contributed by atoms with van der Waals surface area (Å²) in [5.74, 6) is 2.70. The van der Waals surface area contributed by atoms with E-state index in [0.717, 1.165) is 29.0 Å². The number of carbonyl (C=O) groups excluding carboxylic acids is 1. The number of nitrogens with zero attached hydrogens (tertiary/aromatic N) is 2. The number of fused-ring (bicyclic) bond motifs is 1. The highest BCUT2D eigenvalue weighted by Crippen LogP contribution is 2.26. The van der Waals surface area contributed by atoms with Crippen molar-refractivity contribution in [2.45, 2.75) is 19.5 Å². The molecule has 170 valence electrons. The molecule has 0 atom stereocenters. The van der Waals surface area contributed by atoms with E-state index >= 15 is 0 Å². The Balaban J connectivity index is 1.43. The van der Waals surface area contributed by atoms with E-state index in [-0.39, 0.29) is 5.91 Å². The Labute approximate surface area is 192 Å². The number of hydrogen-bond donors (Lipinski definition) is 1. The van der Waals surface area contributed by atoms with Gasteiger partial charge in [0, 0.05) is 12.1 Å². The number of ether oxygens (including phenoxy) is 3. The van der Waals surface area contributed by atoms with E-state index in [1.165, 1.54) is 0 Å². The molecule has 1 N–H and O–H groups in total. The molecule has 4 aromatic rings. The molecule has 0 saturated carbocycles. The van der Waals surface area contributed by atoms with Crippen LogP contribution in [0.15, 0.2) is 72.8 Å². The third-order valence-electron chi connectivity index (χ3n) is 5.33. The zero-order valence-electron chi connectivity index (χ0n) is 18.8. The number of aryl methyl sites for hydroxylation is 1. The summed E-state index contributed by atoms with van der Waals surface area (Å²) in [5, 5.41) is 2.97. The Kier molecular flexibility index (Phi) is 7.09. The van der Waals surface area contributed by atoms with Crippen molar-refractivity contribution in [3.63, 3.8) is 0 Å². The van der Waals surface area contributed by atoms with Crippen molar-refractivity contribution in [1.82, 2.24) is 14.9 Å². The van der Waals surface area contributed by atoms with Gasteiger partial charge in [-0.3, -0.25) is 4.79 Å². The van der Waals surface area contributed by atoms with Gasteiger partial charge >= 0.3 is 0 Å². The van der Waals surface area contributed by atoms with E-state index < -0.39 is 0 Å². The second-order valence-corrected chi connectivity index (χ2v) is 7.44. The highest BCUT2D eigenvalue weighted by Gasteiger charge is 2.13. The summed E-state index contributed by atoms with van der Waals surface area (Å²) >= 11 is 0. The first kappa shape index (κ1) is 22.2. The van der Waals surface area contributed by atoms with Gasteiger partial charge in [-0.05, 0) is 48.9 Å². The third-order valence-corrected chi connectivity index (χ3v) is 5.33. The fourth-order valence-electron chi connectivity index (χ4n) is 3.68. The van der Waals surface area contributed by atoms with Gasteiger partial charge in [0.15, 0.2) is 11.5 Å². The molecule has 0 aliphatic rings. The Bertz CT molecular complexity index is 1240. The average molecular weight is 446 g/mol. The summed E-state index contributed by atoms with van der Waals surface area (Å²) in [4.78, 5) is 17.4. The van der Waals surface area contributed by atoms with E-state index in [1.54, 1.807) is 32.4 Å². The first-order valence-electron chi connectivity index (χ1n) is 10.8. The largest absolute Gasteiger partial charge is 0.497 e. The third kappa shape index (κ3) is 5.26. The molecule has 0 radical (unpaired) electrons. The van der Waals surface area contributed by atoms with E-state index in [0.29, 0.717) is 36.8 Å². The molecule has 7 heteroatoms. The minimum Gasteiger partial charge on any atom is -0.497 e. The second-order valence-electron chi connectivity index (χ2n) is 7.44. The van der Waals surface area contributed by atoms with Crippen LogP contribution in [0.5, 0.6) is 17.2 Å². The molecule has 1 heterocycles. The fraction of sp³-hybridized carbons (Fsp3) is 0.231. The van der Waals surface area contributed by atoms with Crippen LogP contribution in [0.1, 0.15) is 22.6 Å². The quantitative estimate of drug-likeness (QED) is 0.365. The molecule has 0 fully saturated rings. The van der Waals surface area contributed by atoms with Crippen molar-refractivity contribution in [3.05, 3.63) is 84.2 Å². The summed E-state index contributed by atoms with van der Waals surface area (Å²) in [5.41, 5.74) is 2.47. The molecule has 0 aliphatic carbocycles. The maximum absolute atomic E-state index is 12.7. The number of imidazole rings is 1. The molecule has 1 aromatic heterocycles. The molecule has 0 saturated heterocycles. The van der Waals surface area contributed by atoms with Gasteiger partial charge in [0.25, 0.3) is 5.91 Å². The van der Waals surface area contributed by atoms with Crippen LogP contribution in [0.2, 0.25) is 0 Å². The van der Waals surface area contributed by atoms with Crippen LogP contribution in [0.25, 0.3) is 11.0 Å². The van der Waals surface area contributed by atoms with Crippen molar-refractivity contribution in [2.24, 2.45) is 0 Å². The highest BCUT2D eigenvalue weighted by molar-refractivity contribution is 5.94. The predicted octanol–water partition coefficient (Wildman–Crippen LogP) is 4.45. The van der Waals surface area contributed by atoms with Gasteiger partial charge < -0.3 is 24.1 Å². The number of para-hydroxylation sites is 4. The van der Waals surface area contributed by atoms with Crippen LogP contribution >= 0.6 is 0 Å². The zero-order chi connectivity index (χ0) is 23.0. The van der Waals surface area contributed by atoms with Crippen LogP contribution in [-0.2, 0) is 13.1 Å². The lowest BCUT2D eigenvalue weighted by atomic mass is 10.2. The molecule has 4 rings (SSSR count). The first-order chi connectivity index (χ1) is 16.2. The smallest absolute Gasteiger partial charge is 0.251 e. The van der Waals surface area contributed by atoms with Gasteiger partial charge in [0.1, 0.15) is 11.6 Å². The van der Waals surface area contributed by atoms with Gasteiger partial charge in [0.2, 0.25) is 0 Å². The molecule has 3 aromatic carbocycles. The van der Waals surface area contributed by atoms with Crippen molar-refractivity contribution in [1.29, 1.82) is 0 Å². The number of rotatable bonds is 10. The van der Waals surface area contributed by atoms with Gasteiger partial charge in [-0.2, -0.15) is 0 Å². The van der Waals surface area contributed by atoms with Crippen molar-refractivity contribution in [2.75, 3.05) is 20.8 Å². The Morgan fingerprint density at radius 1 is 0.939 bits per heavy atom. The summed E-state index contributed by atoms with van der Waals surface area (Å²) in [6, 6.07) is 22.7. The lowest BCUT2D eigenvalue weighted by molar-refractivity contribution is 0.0949. The van der Waals surface area contributed by atoms with E-state index in [1.807, 2.05) is 54.6 Å². The lowest BCUT2D eigenvalue weighted by Crippen LogP contribution is -2.25. The molecule has 0 unspecified atom stereocenters. The standard InChI is InChI=1S/C26H27N3O4/c1-31-20-10-7-9-19(17-20)26(30)27-18-25-28-21-11-3-4-12-22(21)29(25)15-8-16-33-24-14-6-5-13-23(24)32-2/h3-7,9-14,17H,8,15-16,18H2,1-2H3,(H,27,30). The Morgan fingerprint density at radius 2 is 1.73 bits per heavy atom. The molecule has 0 bridgehead atoms.